The number of aromatic nitrogens is 2. The van der Waals surface area contributed by atoms with Crippen molar-refractivity contribution in [1.29, 1.82) is 0 Å². The largest absolute Gasteiger partial charge is 0.369 e. The number of rotatable bonds is 4. The number of carbonyl (C=O) groups excluding carboxylic acids is 2. The highest BCUT2D eigenvalue weighted by molar-refractivity contribution is 6.33. The third kappa shape index (κ3) is 3.69. The van der Waals surface area contributed by atoms with Gasteiger partial charge in [0, 0.05) is 13.1 Å². The van der Waals surface area contributed by atoms with E-state index in [2.05, 4.69) is 5.10 Å². The van der Waals surface area contributed by atoms with Crippen molar-refractivity contribution in [3.8, 4) is 0 Å². The van der Waals surface area contributed by atoms with Crippen molar-refractivity contribution in [2.75, 3.05) is 13.1 Å². The van der Waals surface area contributed by atoms with E-state index in [4.69, 9.17) is 17.3 Å². The van der Waals surface area contributed by atoms with Crippen LogP contribution in [0.1, 0.15) is 34.5 Å². The van der Waals surface area contributed by atoms with E-state index in [1.807, 2.05) is 30.3 Å². The van der Waals surface area contributed by atoms with Crippen LogP contribution >= 0.6 is 11.6 Å². The fourth-order valence-electron chi connectivity index (χ4n) is 3.21. The molecule has 6 nitrogen and oxygen atoms in total. The highest BCUT2D eigenvalue weighted by Crippen LogP contribution is 2.25. The van der Waals surface area contributed by atoms with Gasteiger partial charge in [-0.1, -0.05) is 41.9 Å². The lowest BCUT2D eigenvalue weighted by atomic mass is 9.97. The quantitative estimate of drug-likeness (QED) is 0.907. The summed E-state index contributed by atoms with van der Waals surface area (Å²) < 4.78 is 1.63. The zero-order valence-electron chi connectivity index (χ0n) is 14.1. The Balaban J connectivity index is 1.82. The highest BCUT2D eigenvalue weighted by Gasteiger charge is 2.31. The molecule has 132 valence electrons. The number of nitrogens with two attached hydrogens (primary N) is 1. The van der Waals surface area contributed by atoms with Crippen molar-refractivity contribution < 1.29 is 9.59 Å². The normalized spacial score (nSPS) is 17.5. The van der Waals surface area contributed by atoms with E-state index < -0.39 is 0 Å². The molecule has 0 aliphatic carbocycles. The lowest BCUT2D eigenvalue weighted by molar-refractivity contribution is -0.123. The number of nitrogens with zero attached hydrogens (tertiary/aromatic N) is 3. The van der Waals surface area contributed by atoms with E-state index >= 15 is 0 Å². The van der Waals surface area contributed by atoms with Crippen molar-refractivity contribution in [2.24, 2.45) is 11.7 Å². The number of aryl methyl sites for hydroxylation is 1. The molecule has 1 aliphatic heterocycles. The Morgan fingerprint density at radius 2 is 2.04 bits per heavy atom. The summed E-state index contributed by atoms with van der Waals surface area (Å²) in [6.45, 7) is 3.21. The van der Waals surface area contributed by atoms with Gasteiger partial charge in [-0.15, -0.1) is 0 Å². The van der Waals surface area contributed by atoms with Gasteiger partial charge in [-0.3, -0.25) is 9.59 Å². The minimum absolute atomic E-state index is 0.187. The first-order valence-electron chi connectivity index (χ1n) is 8.32. The zero-order chi connectivity index (χ0) is 18.0. The van der Waals surface area contributed by atoms with Crippen LogP contribution in [0.25, 0.3) is 0 Å². The molecule has 3 rings (SSSR count). The molecule has 0 saturated carbocycles. The van der Waals surface area contributed by atoms with Crippen LogP contribution in [-0.2, 0) is 11.3 Å². The maximum absolute atomic E-state index is 12.9. The first-order valence-corrected chi connectivity index (χ1v) is 8.70. The monoisotopic (exact) mass is 360 g/mol. The van der Waals surface area contributed by atoms with Crippen LogP contribution < -0.4 is 5.73 Å². The lowest BCUT2D eigenvalue weighted by Crippen LogP contribution is -2.44. The van der Waals surface area contributed by atoms with Gasteiger partial charge in [0.1, 0.15) is 5.15 Å². The third-order valence-corrected chi connectivity index (χ3v) is 4.95. The average Bonchev–Trinajstić information content (AvgIpc) is 2.89. The number of hydrogen-bond donors (Lipinski definition) is 1. The molecular formula is C18H21ClN4O2. The van der Waals surface area contributed by atoms with Gasteiger partial charge in [0.2, 0.25) is 5.91 Å². The Hall–Kier alpha value is -2.34. The first kappa shape index (κ1) is 17.5. The van der Waals surface area contributed by atoms with Crippen LogP contribution in [0, 0.1) is 12.8 Å². The summed E-state index contributed by atoms with van der Waals surface area (Å²) in [5, 5.41) is 4.75. The van der Waals surface area contributed by atoms with Crippen molar-refractivity contribution in [2.45, 2.75) is 26.3 Å². The van der Waals surface area contributed by atoms with Crippen LogP contribution in [0.5, 0.6) is 0 Å². The average molecular weight is 361 g/mol. The number of amides is 2. The predicted octanol–water partition coefficient (Wildman–Crippen LogP) is 2.23. The minimum Gasteiger partial charge on any atom is -0.369 e. The van der Waals surface area contributed by atoms with Crippen LogP contribution in [0.3, 0.4) is 0 Å². The van der Waals surface area contributed by atoms with Gasteiger partial charge in [-0.2, -0.15) is 5.10 Å². The summed E-state index contributed by atoms with van der Waals surface area (Å²) in [6.07, 6.45) is 1.48. The molecule has 2 heterocycles. The molecular weight excluding hydrogens is 340 g/mol. The van der Waals surface area contributed by atoms with Crippen molar-refractivity contribution in [3.63, 3.8) is 0 Å². The number of benzene rings is 1. The molecule has 2 amide bonds. The molecule has 1 aromatic heterocycles. The van der Waals surface area contributed by atoms with E-state index in [0.29, 0.717) is 36.0 Å². The van der Waals surface area contributed by atoms with Crippen molar-refractivity contribution >= 4 is 23.4 Å². The molecule has 25 heavy (non-hydrogen) atoms. The highest BCUT2D eigenvalue weighted by atomic mass is 35.5. The molecule has 7 heteroatoms. The van der Waals surface area contributed by atoms with E-state index in [0.717, 1.165) is 18.4 Å². The Bertz CT molecular complexity index is 788. The van der Waals surface area contributed by atoms with Crippen molar-refractivity contribution in [1.82, 2.24) is 14.7 Å². The predicted molar refractivity (Wildman–Crippen MR) is 95.3 cm³/mol. The number of hydrogen-bond acceptors (Lipinski definition) is 3. The SMILES string of the molecule is Cc1nn(Cc2ccccc2)c(Cl)c1C(=O)N1CCCC(C(N)=O)C1. The topological polar surface area (TPSA) is 81.2 Å². The van der Waals surface area contributed by atoms with Crippen LogP contribution in [0.15, 0.2) is 30.3 Å². The Morgan fingerprint density at radius 1 is 1.32 bits per heavy atom. The Morgan fingerprint density at radius 3 is 2.72 bits per heavy atom. The van der Waals surface area contributed by atoms with Crippen LogP contribution in [0.4, 0.5) is 0 Å². The lowest BCUT2D eigenvalue weighted by Gasteiger charge is -2.31. The summed E-state index contributed by atoms with van der Waals surface area (Å²) in [4.78, 5) is 26.0. The maximum atomic E-state index is 12.9. The summed E-state index contributed by atoms with van der Waals surface area (Å²) in [5.74, 6) is -0.844. The van der Waals surface area contributed by atoms with Gasteiger partial charge in [-0.05, 0) is 25.3 Å². The van der Waals surface area contributed by atoms with E-state index in [-0.39, 0.29) is 17.7 Å². The van der Waals surface area contributed by atoms with Gasteiger partial charge in [-0.25, -0.2) is 4.68 Å². The number of carbonyl (C=O) groups is 2. The Labute approximate surface area is 151 Å². The molecule has 1 aromatic carbocycles. The number of piperidine rings is 1. The second-order valence-corrected chi connectivity index (χ2v) is 6.75. The van der Waals surface area contributed by atoms with Crippen LogP contribution in [0.2, 0.25) is 5.15 Å². The summed E-state index contributed by atoms with van der Waals surface area (Å²) >= 11 is 6.45. The molecule has 1 saturated heterocycles. The third-order valence-electron chi connectivity index (χ3n) is 4.57. The van der Waals surface area contributed by atoms with E-state index in [1.165, 1.54) is 0 Å². The molecule has 1 atom stereocenters. The first-order chi connectivity index (χ1) is 12.0. The zero-order valence-corrected chi connectivity index (χ0v) is 14.9. The minimum atomic E-state index is -0.361. The maximum Gasteiger partial charge on any atom is 0.258 e. The second kappa shape index (κ2) is 7.27. The fraction of sp³-hybridized carbons (Fsp3) is 0.389. The molecule has 0 bridgehead atoms. The molecule has 2 N–H and O–H groups in total. The summed E-state index contributed by atoms with van der Waals surface area (Å²) in [7, 11) is 0. The molecule has 0 spiro atoms. The van der Waals surface area contributed by atoms with Gasteiger partial charge in [0.25, 0.3) is 5.91 Å². The molecule has 1 fully saturated rings. The molecule has 0 radical (unpaired) electrons. The molecule has 1 unspecified atom stereocenters. The van der Waals surface area contributed by atoms with E-state index in [1.54, 1.807) is 16.5 Å². The summed E-state index contributed by atoms with van der Waals surface area (Å²) in [6, 6.07) is 9.81. The Kier molecular flexibility index (Phi) is 5.08. The van der Waals surface area contributed by atoms with Gasteiger partial charge in [0.15, 0.2) is 0 Å². The van der Waals surface area contributed by atoms with Crippen LogP contribution in [-0.4, -0.2) is 39.6 Å². The molecule has 2 aromatic rings. The van der Waals surface area contributed by atoms with Crippen molar-refractivity contribution in [3.05, 3.63) is 52.3 Å². The number of likely N-dealkylation sites (tertiary alicyclic amines) is 1. The van der Waals surface area contributed by atoms with Gasteiger partial charge >= 0.3 is 0 Å². The standard InChI is InChI=1S/C18H21ClN4O2/c1-12-15(18(25)22-9-5-8-14(11-22)17(20)24)16(19)23(21-12)10-13-6-3-2-4-7-13/h2-4,6-7,14H,5,8-11H2,1H3,(H2,20,24). The second-order valence-electron chi connectivity index (χ2n) is 6.39. The molecule has 1 aliphatic rings. The van der Waals surface area contributed by atoms with Gasteiger partial charge in [0.05, 0.1) is 23.7 Å². The fourth-order valence-corrected chi connectivity index (χ4v) is 3.52. The summed E-state index contributed by atoms with van der Waals surface area (Å²) in [5.41, 5.74) is 7.45. The smallest absolute Gasteiger partial charge is 0.258 e. The van der Waals surface area contributed by atoms with E-state index in [9.17, 15) is 9.59 Å². The number of halogens is 1. The van der Waals surface area contributed by atoms with Gasteiger partial charge < -0.3 is 10.6 Å². The number of primary amides is 1.